The van der Waals surface area contributed by atoms with E-state index in [4.69, 9.17) is 5.73 Å². The van der Waals surface area contributed by atoms with E-state index in [1.807, 2.05) is 0 Å². The summed E-state index contributed by atoms with van der Waals surface area (Å²) < 4.78 is 0. The smallest absolute Gasteiger partial charge is 0.104 e. The van der Waals surface area contributed by atoms with Gasteiger partial charge in [0.1, 0.15) is 11.1 Å². The van der Waals surface area contributed by atoms with Gasteiger partial charge in [-0.05, 0) is 30.2 Å². The van der Waals surface area contributed by atoms with E-state index >= 15 is 0 Å². The lowest BCUT2D eigenvalue weighted by Crippen LogP contribution is -2.60. The molecule has 3 N–H and O–H groups in total. The van der Waals surface area contributed by atoms with Crippen molar-refractivity contribution in [3.8, 4) is 6.07 Å². The van der Waals surface area contributed by atoms with Crippen molar-refractivity contribution >= 4 is 16.3 Å². The summed E-state index contributed by atoms with van der Waals surface area (Å²) in [6.07, 6.45) is 2.52. The van der Waals surface area contributed by atoms with Gasteiger partial charge in [0.05, 0.1) is 5.56 Å². The zero-order valence-electron chi connectivity index (χ0n) is 8.92. The molecule has 0 amide bonds. The first-order valence-electron chi connectivity index (χ1n) is 5.79. The van der Waals surface area contributed by atoms with Crippen molar-refractivity contribution in [2.45, 2.75) is 18.3 Å². The first kappa shape index (κ1) is 9.03. The van der Waals surface area contributed by atoms with Crippen molar-refractivity contribution in [3.05, 3.63) is 16.0 Å². The summed E-state index contributed by atoms with van der Waals surface area (Å²) in [7, 11) is 0. The fourth-order valence-electron chi connectivity index (χ4n) is 3.69. The molecule has 1 saturated carbocycles. The Kier molecular flexibility index (Phi) is 1.47. The molecule has 1 aromatic rings. The van der Waals surface area contributed by atoms with Crippen LogP contribution in [0, 0.1) is 23.2 Å². The number of hydrogen-bond acceptors (Lipinski definition) is 4. The minimum absolute atomic E-state index is 0.275. The standard InChI is InChI=1S/C12H13N3S/c13-3-7-10-9(16-11(7)14)2-6-1-8(6)12(10)4-15-5-12/h6,8,15H,1-2,4-5,14H2. The van der Waals surface area contributed by atoms with Gasteiger partial charge >= 0.3 is 0 Å². The summed E-state index contributed by atoms with van der Waals surface area (Å²) >= 11 is 1.65. The van der Waals surface area contributed by atoms with Gasteiger partial charge in [-0.2, -0.15) is 5.26 Å². The number of nitrogens with zero attached hydrogens (tertiary/aromatic N) is 1. The Morgan fingerprint density at radius 1 is 1.50 bits per heavy atom. The number of nitriles is 1. The fourth-order valence-corrected chi connectivity index (χ4v) is 4.91. The van der Waals surface area contributed by atoms with Crippen molar-refractivity contribution in [2.24, 2.45) is 11.8 Å². The van der Waals surface area contributed by atoms with Crippen LogP contribution in [-0.2, 0) is 11.8 Å². The minimum Gasteiger partial charge on any atom is -0.389 e. The summed E-state index contributed by atoms with van der Waals surface area (Å²) in [6, 6.07) is 2.32. The molecule has 82 valence electrons. The lowest BCUT2D eigenvalue weighted by atomic mass is 9.66. The summed E-state index contributed by atoms with van der Waals surface area (Å²) in [5.41, 5.74) is 8.34. The Labute approximate surface area is 98.3 Å². The van der Waals surface area contributed by atoms with Gasteiger partial charge < -0.3 is 11.1 Å². The highest BCUT2D eigenvalue weighted by Gasteiger charge is 2.61. The van der Waals surface area contributed by atoms with Gasteiger partial charge in [0.15, 0.2) is 0 Å². The van der Waals surface area contributed by atoms with Crippen LogP contribution in [0.2, 0.25) is 0 Å². The second-order valence-electron chi connectivity index (χ2n) is 5.32. The SMILES string of the molecule is N#Cc1c(N)sc2c1C1(CNC1)C1CC1C2. The first-order chi connectivity index (χ1) is 7.76. The van der Waals surface area contributed by atoms with E-state index in [-0.39, 0.29) is 5.41 Å². The Balaban J connectivity index is 1.98. The van der Waals surface area contributed by atoms with Crippen LogP contribution in [-0.4, -0.2) is 13.1 Å². The molecule has 1 aromatic heterocycles. The quantitative estimate of drug-likeness (QED) is 0.706. The van der Waals surface area contributed by atoms with E-state index in [1.165, 1.54) is 16.9 Å². The highest BCUT2D eigenvalue weighted by molar-refractivity contribution is 7.16. The number of nitrogens with two attached hydrogens (primary N) is 1. The molecule has 2 aliphatic carbocycles. The fraction of sp³-hybridized carbons (Fsp3) is 0.583. The number of hydrogen-bond donors (Lipinski definition) is 2. The van der Waals surface area contributed by atoms with Crippen LogP contribution in [0.1, 0.15) is 22.4 Å². The van der Waals surface area contributed by atoms with Crippen molar-refractivity contribution in [3.63, 3.8) is 0 Å². The van der Waals surface area contributed by atoms with Gasteiger partial charge in [0, 0.05) is 23.4 Å². The average Bonchev–Trinajstić information content (AvgIpc) is 2.88. The van der Waals surface area contributed by atoms with Crippen LogP contribution < -0.4 is 11.1 Å². The van der Waals surface area contributed by atoms with Crippen LogP contribution >= 0.6 is 11.3 Å². The summed E-state index contributed by atoms with van der Waals surface area (Å²) in [5.74, 6) is 1.70. The van der Waals surface area contributed by atoms with Crippen LogP contribution in [0.4, 0.5) is 5.00 Å². The average molecular weight is 231 g/mol. The van der Waals surface area contributed by atoms with Crippen molar-refractivity contribution < 1.29 is 0 Å². The second kappa shape index (κ2) is 2.61. The molecular weight excluding hydrogens is 218 g/mol. The van der Waals surface area contributed by atoms with Gasteiger partial charge in [0.25, 0.3) is 0 Å². The highest BCUT2D eigenvalue weighted by atomic mass is 32.1. The third-order valence-corrected chi connectivity index (χ3v) is 5.62. The van der Waals surface area contributed by atoms with E-state index < -0.39 is 0 Å². The molecule has 16 heavy (non-hydrogen) atoms. The molecule has 1 saturated heterocycles. The van der Waals surface area contributed by atoms with Crippen LogP contribution in [0.5, 0.6) is 0 Å². The summed E-state index contributed by atoms with van der Waals surface area (Å²) in [4.78, 5) is 1.40. The lowest BCUT2D eigenvalue weighted by Gasteiger charge is -2.46. The van der Waals surface area contributed by atoms with Crippen LogP contribution in [0.3, 0.4) is 0 Å². The predicted octanol–water partition coefficient (Wildman–Crippen LogP) is 1.24. The topological polar surface area (TPSA) is 61.8 Å². The van der Waals surface area contributed by atoms with Crippen LogP contribution in [0.25, 0.3) is 0 Å². The number of fused-ring (bicyclic) bond motifs is 4. The Morgan fingerprint density at radius 3 is 2.94 bits per heavy atom. The number of nitrogens with one attached hydrogen (secondary N) is 1. The van der Waals surface area contributed by atoms with E-state index in [0.717, 1.165) is 41.9 Å². The van der Waals surface area contributed by atoms with Gasteiger partial charge in [-0.1, -0.05) is 0 Å². The minimum atomic E-state index is 0.275. The summed E-state index contributed by atoms with van der Waals surface area (Å²) in [6.45, 7) is 2.10. The van der Waals surface area contributed by atoms with Gasteiger partial charge in [0.2, 0.25) is 0 Å². The van der Waals surface area contributed by atoms with Gasteiger partial charge in [-0.3, -0.25) is 0 Å². The largest absolute Gasteiger partial charge is 0.389 e. The predicted molar refractivity (Wildman–Crippen MR) is 63.3 cm³/mol. The van der Waals surface area contributed by atoms with Crippen molar-refractivity contribution in [1.29, 1.82) is 5.26 Å². The Bertz CT molecular complexity index is 521. The number of anilines is 1. The third-order valence-electron chi connectivity index (χ3n) is 4.58. The number of rotatable bonds is 0. The Morgan fingerprint density at radius 2 is 2.31 bits per heavy atom. The number of nitrogen functional groups attached to an aromatic ring is 1. The van der Waals surface area contributed by atoms with Gasteiger partial charge in [-0.25, -0.2) is 0 Å². The van der Waals surface area contributed by atoms with E-state index in [2.05, 4.69) is 11.4 Å². The zero-order valence-corrected chi connectivity index (χ0v) is 9.73. The monoisotopic (exact) mass is 231 g/mol. The third kappa shape index (κ3) is 0.839. The van der Waals surface area contributed by atoms with Crippen molar-refractivity contribution in [2.75, 3.05) is 18.8 Å². The maximum absolute atomic E-state index is 9.27. The molecule has 0 aromatic carbocycles. The normalized spacial score (nSPS) is 32.4. The second-order valence-corrected chi connectivity index (χ2v) is 6.45. The van der Waals surface area contributed by atoms with E-state index in [1.54, 1.807) is 11.3 Å². The molecule has 1 aliphatic heterocycles. The van der Waals surface area contributed by atoms with Gasteiger partial charge in [-0.15, -0.1) is 11.3 Å². The molecule has 0 radical (unpaired) electrons. The Hall–Kier alpha value is -1.05. The zero-order chi connectivity index (χ0) is 10.9. The molecule has 4 rings (SSSR count). The van der Waals surface area contributed by atoms with E-state index in [9.17, 15) is 5.26 Å². The highest BCUT2D eigenvalue weighted by Crippen LogP contribution is 2.62. The van der Waals surface area contributed by atoms with Crippen LogP contribution in [0.15, 0.2) is 0 Å². The molecule has 3 aliphatic rings. The summed E-state index contributed by atoms with van der Waals surface area (Å²) in [5, 5.41) is 13.4. The molecule has 2 fully saturated rings. The molecule has 1 spiro atoms. The molecule has 2 unspecified atom stereocenters. The first-order valence-corrected chi connectivity index (χ1v) is 6.60. The molecule has 3 nitrogen and oxygen atoms in total. The van der Waals surface area contributed by atoms with Crippen molar-refractivity contribution in [1.82, 2.24) is 5.32 Å². The maximum Gasteiger partial charge on any atom is 0.104 e. The molecule has 2 atom stereocenters. The molecule has 2 heterocycles. The van der Waals surface area contributed by atoms with E-state index in [0.29, 0.717) is 0 Å². The molecule has 4 heteroatoms. The number of thiophene rings is 1. The lowest BCUT2D eigenvalue weighted by molar-refractivity contribution is 0.218. The molecule has 0 bridgehead atoms. The maximum atomic E-state index is 9.27. The molecular formula is C12H13N3S.